The molecule has 0 spiro atoms. The number of halogens is 1. The number of carbonyl (C=O) groups excluding carboxylic acids is 1. The number of piperidine rings is 1. The lowest BCUT2D eigenvalue weighted by Crippen LogP contribution is -2.62. The molecule has 1 aliphatic rings. The average Bonchev–Trinajstić information content (AvgIpc) is 2.83. The van der Waals surface area contributed by atoms with E-state index >= 15 is 0 Å². The first-order valence-corrected chi connectivity index (χ1v) is 11.6. The molecule has 0 aromatic heterocycles. The minimum Gasteiger partial charge on any atom is -0.388 e. The van der Waals surface area contributed by atoms with Crippen LogP contribution in [0, 0.1) is 5.82 Å². The molecule has 3 unspecified atom stereocenters. The number of amides is 1. The van der Waals surface area contributed by atoms with Crippen molar-refractivity contribution in [1.29, 1.82) is 0 Å². The van der Waals surface area contributed by atoms with Gasteiger partial charge in [0.05, 0.1) is 17.7 Å². The van der Waals surface area contributed by atoms with Crippen LogP contribution in [0.2, 0.25) is 0 Å². The Balaban J connectivity index is 1.57. The van der Waals surface area contributed by atoms with Crippen molar-refractivity contribution in [2.24, 2.45) is 0 Å². The number of benzene rings is 3. The Hall–Kier alpha value is -3.02. The van der Waals surface area contributed by atoms with Crippen molar-refractivity contribution in [3.8, 4) is 0 Å². The number of likely N-dealkylation sites (tertiary alicyclic amines) is 1. The molecule has 2 N–H and O–H groups in total. The summed E-state index contributed by atoms with van der Waals surface area (Å²) in [6.45, 7) is 3.39. The van der Waals surface area contributed by atoms with Crippen LogP contribution in [0.15, 0.2) is 84.9 Å². The SMILES string of the molecule is CC1(O)CCN(CCCc2ccccc2)C(c2ccccc2)C1NC(=O)c1ccc(F)cc1. The Bertz CT molecular complexity index is 1040. The second kappa shape index (κ2) is 10.3. The lowest BCUT2D eigenvalue weighted by atomic mass is 9.79. The van der Waals surface area contributed by atoms with Crippen molar-refractivity contribution < 1.29 is 14.3 Å². The van der Waals surface area contributed by atoms with Crippen molar-refractivity contribution in [3.05, 3.63) is 107 Å². The highest BCUT2D eigenvalue weighted by atomic mass is 19.1. The van der Waals surface area contributed by atoms with Crippen LogP contribution in [0.25, 0.3) is 0 Å². The predicted octanol–water partition coefficient (Wildman–Crippen LogP) is 4.75. The quantitative estimate of drug-likeness (QED) is 0.551. The van der Waals surface area contributed by atoms with Crippen LogP contribution < -0.4 is 5.32 Å². The molecule has 0 radical (unpaired) electrons. The van der Waals surface area contributed by atoms with E-state index in [1.165, 1.54) is 29.8 Å². The van der Waals surface area contributed by atoms with Crippen molar-refractivity contribution >= 4 is 5.91 Å². The second-order valence-electron chi connectivity index (χ2n) is 9.05. The van der Waals surface area contributed by atoms with E-state index in [1.54, 1.807) is 6.92 Å². The molecule has 4 nitrogen and oxygen atoms in total. The smallest absolute Gasteiger partial charge is 0.251 e. The van der Waals surface area contributed by atoms with Crippen LogP contribution in [-0.2, 0) is 6.42 Å². The third-order valence-corrected chi connectivity index (χ3v) is 6.57. The van der Waals surface area contributed by atoms with Crippen molar-refractivity contribution in [3.63, 3.8) is 0 Å². The standard InChI is InChI=1S/C28H31FN2O2/c1-28(33)18-20-31(19-8-11-21-9-4-2-5-10-21)25(22-12-6-3-7-13-22)26(28)30-27(32)23-14-16-24(29)17-15-23/h2-7,9-10,12-17,25-26,33H,8,11,18-20H2,1H3,(H,30,32). The van der Waals surface area contributed by atoms with Gasteiger partial charge in [-0.1, -0.05) is 60.7 Å². The summed E-state index contributed by atoms with van der Waals surface area (Å²) in [5, 5.41) is 14.4. The first-order valence-electron chi connectivity index (χ1n) is 11.6. The molecule has 5 heteroatoms. The van der Waals surface area contributed by atoms with Crippen LogP contribution in [0.5, 0.6) is 0 Å². The minimum atomic E-state index is -1.08. The van der Waals surface area contributed by atoms with Gasteiger partial charge in [-0.25, -0.2) is 4.39 Å². The predicted molar refractivity (Wildman–Crippen MR) is 128 cm³/mol. The average molecular weight is 447 g/mol. The third-order valence-electron chi connectivity index (χ3n) is 6.57. The Labute approximate surface area is 195 Å². The van der Waals surface area contributed by atoms with E-state index in [9.17, 15) is 14.3 Å². The molecule has 4 rings (SSSR count). The van der Waals surface area contributed by atoms with E-state index in [4.69, 9.17) is 0 Å². The number of carbonyl (C=O) groups is 1. The van der Waals surface area contributed by atoms with Crippen LogP contribution in [-0.4, -0.2) is 40.6 Å². The molecule has 3 atom stereocenters. The zero-order valence-corrected chi connectivity index (χ0v) is 19.0. The van der Waals surface area contributed by atoms with E-state index in [0.29, 0.717) is 12.0 Å². The molecule has 0 aliphatic carbocycles. The van der Waals surface area contributed by atoms with Crippen LogP contribution >= 0.6 is 0 Å². The molecule has 0 saturated carbocycles. The molecular weight excluding hydrogens is 415 g/mol. The van der Waals surface area contributed by atoms with Crippen molar-refractivity contribution in [2.45, 2.75) is 43.9 Å². The fraction of sp³-hybridized carbons (Fsp3) is 0.321. The van der Waals surface area contributed by atoms with Crippen LogP contribution in [0.4, 0.5) is 4.39 Å². The zero-order chi connectivity index (χ0) is 23.3. The summed E-state index contributed by atoms with van der Waals surface area (Å²) in [7, 11) is 0. The highest BCUT2D eigenvalue weighted by Gasteiger charge is 2.46. The molecule has 33 heavy (non-hydrogen) atoms. The molecule has 3 aromatic rings. The minimum absolute atomic E-state index is 0.171. The van der Waals surface area contributed by atoms with Gasteiger partial charge in [0.15, 0.2) is 0 Å². The van der Waals surface area contributed by atoms with E-state index in [2.05, 4.69) is 34.5 Å². The summed E-state index contributed by atoms with van der Waals surface area (Å²) >= 11 is 0. The molecule has 1 saturated heterocycles. The summed E-state index contributed by atoms with van der Waals surface area (Å²) < 4.78 is 13.3. The maximum absolute atomic E-state index is 13.3. The number of aryl methyl sites for hydroxylation is 1. The number of hydrogen-bond donors (Lipinski definition) is 2. The molecule has 3 aromatic carbocycles. The number of nitrogens with zero attached hydrogens (tertiary/aromatic N) is 1. The van der Waals surface area contributed by atoms with Gasteiger partial charge in [-0.2, -0.15) is 0 Å². The van der Waals surface area contributed by atoms with E-state index < -0.39 is 11.6 Å². The van der Waals surface area contributed by atoms with Gasteiger partial charge in [-0.05, 0) is 68.1 Å². The fourth-order valence-electron chi connectivity index (χ4n) is 4.71. The highest BCUT2D eigenvalue weighted by molar-refractivity contribution is 5.94. The van der Waals surface area contributed by atoms with Gasteiger partial charge in [-0.15, -0.1) is 0 Å². The highest BCUT2D eigenvalue weighted by Crippen LogP contribution is 2.37. The van der Waals surface area contributed by atoms with E-state index in [0.717, 1.165) is 31.5 Å². The Kier molecular flexibility index (Phi) is 7.21. The molecule has 1 fully saturated rings. The van der Waals surface area contributed by atoms with Crippen molar-refractivity contribution in [2.75, 3.05) is 13.1 Å². The number of hydrogen-bond acceptors (Lipinski definition) is 3. The summed E-state index contributed by atoms with van der Waals surface area (Å²) in [6.07, 6.45) is 2.51. The monoisotopic (exact) mass is 446 g/mol. The third kappa shape index (κ3) is 5.67. The Morgan fingerprint density at radius 2 is 1.67 bits per heavy atom. The molecule has 1 heterocycles. The largest absolute Gasteiger partial charge is 0.388 e. The van der Waals surface area contributed by atoms with E-state index in [1.807, 2.05) is 36.4 Å². The van der Waals surface area contributed by atoms with Gasteiger partial charge < -0.3 is 10.4 Å². The van der Waals surface area contributed by atoms with E-state index in [-0.39, 0.29) is 17.8 Å². The number of rotatable bonds is 7. The molecule has 172 valence electrons. The Morgan fingerprint density at radius 3 is 2.33 bits per heavy atom. The maximum atomic E-state index is 13.3. The summed E-state index contributed by atoms with van der Waals surface area (Å²) in [5.74, 6) is -0.699. The molecule has 1 amide bonds. The van der Waals surface area contributed by atoms with Crippen molar-refractivity contribution in [1.82, 2.24) is 10.2 Å². The lowest BCUT2D eigenvalue weighted by Gasteiger charge is -2.49. The first-order chi connectivity index (χ1) is 15.9. The van der Waals surface area contributed by atoms with Gasteiger partial charge in [-0.3, -0.25) is 9.69 Å². The normalized spacial score (nSPS) is 23.2. The van der Waals surface area contributed by atoms with Gasteiger partial charge in [0, 0.05) is 12.1 Å². The number of nitrogens with one attached hydrogen (secondary N) is 1. The second-order valence-corrected chi connectivity index (χ2v) is 9.05. The van der Waals surface area contributed by atoms with Gasteiger partial charge in [0.1, 0.15) is 5.82 Å². The van der Waals surface area contributed by atoms with Gasteiger partial charge in [0.25, 0.3) is 5.91 Å². The summed E-state index contributed by atoms with van der Waals surface area (Å²) in [6, 6.07) is 25.3. The first kappa shape index (κ1) is 23.1. The van der Waals surface area contributed by atoms with Crippen LogP contribution in [0.3, 0.4) is 0 Å². The molecule has 0 bridgehead atoms. The summed E-state index contributed by atoms with van der Waals surface area (Å²) in [5.41, 5.74) is 1.66. The topological polar surface area (TPSA) is 52.6 Å². The zero-order valence-electron chi connectivity index (χ0n) is 19.0. The maximum Gasteiger partial charge on any atom is 0.251 e. The Morgan fingerprint density at radius 1 is 1.03 bits per heavy atom. The number of aliphatic hydroxyl groups is 1. The lowest BCUT2D eigenvalue weighted by molar-refractivity contribution is -0.0640. The molecular formula is C28H31FN2O2. The fourth-order valence-corrected chi connectivity index (χ4v) is 4.71. The van der Waals surface area contributed by atoms with Gasteiger partial charge >= 0.3 is 0 Å². The molecule has 1 aliphatic heterocycles. The van der Waals surface area contributed by atoms with Crippen LogP contribution in [0.1, 0.15) is 47.3 Å². The summed E-state index contributed by atoms with van der Waals surface area (Å²) in [4.78, 5) is 15.4. The van der Waals surface area contributed by atoms with Gasteiger partial charge in [0.2, 0.25) is 0 Å².